The van der Waals surface area contributed by atoms with Gasteiger partial charge in [0, 0.05) is 12.7 Å². The highest BCUT2D eigenvalue weighted by Gasteiger charge is 2.15. The first-order valence-corrected chi connectivity index (χ1v) is 7.42. The van der Waals surface area contributed by atoms with Gasteiger partial charge in [0.1, 0.15) is 5.69 Å². The number of ether oxygens (including phenoxy) is 1. The summed E-state index contributed by atoms with van der Waals surface area (Å²) in [5.74, 6) is 1.08. The predicted octanol–water partition coefficient (Wildman–Crippen LogP) is 3.18. The van der Waals surface area contributed by atoms with E-state index in [0.717, 1.165) is 6.54 Å². The number of nitrogens with zero attached hydrogens (tertiary/aromatic N) is 1. The van der Waals surface area contributed by atoms with Crippen LogP contribution >= 0.6 is 0 Å². The summed E-state index contributed by atoms with van der Waals surface area (Å²) in [4.78, 5) is 16.0. The largest absolute Gasteiger partial charge is 0.476 e. The lowest BCUT2D eigenvalue weighted by Crippen LogP contribution is -2.33. The average Bonchev–Trinajstić information content (AvgIpc) is 2.49. The molecular weight excluding hydrogens is 254 g/mol. The lowest BCUT2D eigenvalue weighted by Gasteiger charge is -2.21. The number of amides is 2. The van der Waals surface area contributed by atoms with Crippen LogP contribution in [0.1, 0.15) is 39.0 Å². The third-order valence-corrected chi connectivity index (χ3v) is 3.58. The summed E-state index contributed by atoms with van der Waals surface area (Å²) in [7, 11) is 0. The first-order chi connectivity index (χ1) is 9.79. The molecule has 0 unspecified atom stereocenters. The lowest BCUT2D eigenvalue weighted by atomic mass is 9.89. The van der Waals surface area contributed by atoms with Crippen LogP contribution in [0.15, 0.2) is 18.3 Å². The Morgan fingerprint density at radius 3 is 2.95 bits per heavy atom. The molecule has 0 spiro atoms. The molecule has 1 aliphatic rings. The molecule has 1 saturated carbocycles. The maximum Gasteiger partial charge on any atom is 0.319 e. The summed E-state index contributed by atoms with van der Waals surface area (Å²) < 4.78 is 5.38. The number of anilines is 1. The molecule has 0 radical (unpaired) electrons. The second-order valence-corrected chi connectivity index (χ2v) is 5.13. The number of rotatable bonds is 5. The Morgan fingerprint density at radius 2 is 2.20 bits per heavy atom. The minimum atomic E-state index is -0.190. The molecule has 2 rings (SSSR count). The fraction of sp³-hybridized carbons (Fsp3) is 0.600. The van der Waals surface area contributed by atoms with E-state index in [4.69, 9.17) is 4.74 Å². The van der Waals surface area contributed by atoms with Crippen LogP contribution < -0.4 is 15.4 Å². The van der Waals surface area contributed by atoms with Gasteiger partial charge in [0.05, 0.1) is 6.61 Å². The molecule has 1 aromatic rings. The van der Waals surface area contributed by atoms with Crippen molar-refractivity contribution in [1.29, 1.82) is 0 Å². The fourth-order valence-corrected chi connectivity index (χ4v) is 2.53. The van der Waals surface area contributed by atoms with Crippen LogP contribution in [0.25, 0.3) is 0 Å². The van der Waals surface area contributed by atoms with Gasteiger partial charge < -0.3 is 15.4 Å². The SMILES string of the molecule is CCOc1ncccc1NC(=O)NCC1CCCCC1. The summed E-state index contributed by atoms with van der Waals surface area (Å²) in [6.07, 6.45) is 7.98. The van der Waals surface area contributed by atoms with E-state index in [1.54, 1.807) is 18.3 Å². The van der Waals surface area contributed by atoms with Gasteiger partial charge in [-0.05, 0) is 37.8 Å². The summed E-state index contributed by atoms with van der Waals surface area (Å²) in [6, 6.07) is 3.38. The number of hydrogen-bond donors (Lipinski definition) is 2. The topological polar surface area (TPSA) is 63.2 Å². The minimum Gasteiger partial charge on any atom is -0.476 e. The molecule has 1 aromatic heterocycles. The van der Waals surface area contributed by atoms with Crippen LogP contribution in [-0.4, -0.2) is 24.2 Å². The Hall–Kier alpha value is -1.78. The standard InChI is InChI=1S/C15H23N3O2/c1-2-20-14-13(9-6-10-16-14)18-15(19)17-11-12-7-4-3-5-8-12/h6,9-10,12H,2-5,7-8,11H2,1H3,(H2,17,18,19). The van der Waals surface area contributed by atoms with Crippen LogP contribution in [0.4, 0.5) is 10.5 Å². The molecule has 0 atom stereocenters. The molecule has 110 valence electrons. The van der Waals surface area contributed by atoms with Crippen molar-refractivity contribution in [1.82, 2.24) is 10.3 Å². The van der Waals surface area contributed by atoms with E-state index in [1.165, 1.54) is 32.1 Å². The predicted molar refractivity (Wildman–Crippen MR) is 79.0 cm³/mol. The first kappa shape index (κ1) is 14.6. The van der Waals surface area contributed by atoms with Crippen LogP contribution in [0.3, 0.4) is 0 Å². The van der Waals surface area contributed by atoms with Crippen molar-refractivity contribution in [3.05, 3.63) is 18.3 Å². The zero-order valence-electron chi connectivity index (χ0n) is 12.0. The Balaban J connectivity index is 1.81. The van der Waals surface area contributed by atoms with E-state index < -0.39 is 0 Å². The molecule has 0 saturated heterocycles. The maximum atomic E-state index is 11.9. The van der Waals surface area contributed by atoms with Gasteiger partial charge >= 0.3 is 6.03 Å². The summed E-state index contributed by atoms with van der Waals surface area (Å²) in [6.45, 7) is 3.16. The van der Waals surface area contributed by atoms with E-state index >= 15 is 0 Å². The van der Waals surface area contributed by atoms with E-state index in [0.29, 0.717) is 24.1 Å². The fourth-order valence-electron chi connectivity index (χ4n) is 2.53. The summed E-state index contributed by atoms with van der Waals surface area (Å²) in [5.41, 5.74) is 0.607. The van der Waals surface area contributed by atoms with Gasteiger partial charge in [0.25, 0.3) is 0 Å². The van der Waals surface area contributed by atoms with Gasteiger partial charge in [0.2, 0.25) is 5.88 Å². The second kappa shape index (κ2) is 7.72. The number of carbonyl (C=O) groups excluding carboxylic acids is 1. The van der Waals surface area contributed by atoms with Crippen LogP contribution in [0.2, 0.25) is 0 Å². The molecule has 0 bridgehead atoms. The molecule has 0 aromatic carbocycles. The van der Waals surface area contributed by atoms with Crippen LogP contribution in [-0.2, 0) is 0 Å². The molecule has 5 nitrogen and oxygen atoms in total. The molecule has 2 amide bonds. The van der Waals surface area contributed by atoms with Gasteiger partial charge in [0.15, 0.2) is 0 Å². The lowest BCUT2D eigenvalue weighted by molar-refractivity contribution is 0.247. The van der Waals surface area contributed by atoms with Crippen molar-refractivity contribution in [3.63, 3.8) is 0 Å². The van der Waals surface area contributed by atoms with E-state index in [2.05, 4.69) is 15.6 Å². The average molecular weight is 277 g/mol. The Labute approximate surface area is 120 Å². The Morgan fingerprint density at radius 1 is 1.40 bits per heavy atom. The van der Waals surface area contributed by atoms with Crippen molar-refractivity contribution in [2.45, 2.75) is 39.0 Å². The van der Waals surface area contributed by atoms with Gasteiger partial charge in [-0.3, -0.25) is 0 Å². The maximum absolute atomic E-state index is 11.9. The second-order valence-electron chi connectivity index (χ2n) is 5.13. The molecule has 2 N–H and O–H groups in total. The van der Waals surface area contributed by atoms with Gasteiger partial charge in [-0.2, -0.15) is 0 Å². The van der Waals surface area contributed by atoms with Crippen molar-refractivity contribution in [3.8, 4) is 5.88 Å². The highest BCUT2D eigenvalue weighted by Crippen LogP contribution is 2.23. The van der Waals surface area contributed by atoms with Crippen molar-refractivity contribution >= 4 is 11.7 Å². The third-order valence-electron chi connectivity index (χ3n) is 3.58. The number of urea groups is 1. The van der Waals surface area contributed by atoms with Crippen molar-refractivity contribution in [2.75, 3.05) is 18.5 Å². The summed E-state index contributed by atoms with van der Waals surface area (Å²) >= 11 is 0. The Bertz CT molecular complexity index is 431. The monoisotopic (exact) mass is 277 g/mol. The molecule has 1 fully saturated rings. The molecule has 1 heterocycles. The van der Waals surface area contributed by atoms with E-state index in [1.807, 2.05) is 6.92 Å². The smallest absolute Gasteiger partial charge is 0.319 e. The number of aromatic nitrogens is 1. The number of hydrogen-bond acceptors (Lipinski definition) is 3. The molecule has 1 aliphatic carbocycles. The van der Waals surface area contributed by atoms with Gasteiger partial charge in [-0.15, -0.1) is 0 Å². The highest BCUT2D eigenvalue weighted by molar-refractivity contribution is 5.90. The quantitative estimate of drug-likeness (QED) is 0.868. The van der Waals surface area contributed by atoms with E-state index in [9.17, 15) is 4.79 Å². The number of nitrogens with one attached hydrogen (secondary N) is 2. The third kappa shape index (κ3) is 4.40. The van der Waals surface area contributed by atoms with Crippen LogP contribution in [0.5, 0.6) is 5.88 Å². The first-order valence-electron chi connectivity index (χ1n) is 7.42. The summed E-state index contributed by atoms with van der Waals surface area (Å²) in [5, 5.41) is 5.73. The van der Waals surface area contributed by atoms with Gasteiger partial charge in [-0.1, -0.05) is 19.3 Å². The van der Waals surface area contributed by atoms with Crippen molar-refractivity contribution in [2.24, 2.45) is 5.92 Å². The molecular formula is C15H23N3O2. The zero-order chi connectivity index (χ0) is 14.2. The normalized spacial score (nSPS) is 15.7. The van der Waals surface area contributed by atoms with E-state index in [-0.39, 0.29) is 6.03 Å². The zero-order valence-corrected chi connectivity index (χ0v) is 12.0. The Kier molecular flexibility index (Phi) is 5.65. The van der Waals surface area contributed by atoms with Crippen LogP contribution in [0, 0.1) is 5.92 Å². The number of carbonyl (C=O) groups is 1. The minimum absolute atomic E-state index is 0.190. The van der Waals surface area contributed by atoms with Crippen molar-refractivity contribution < 1.29 is 9.53 Å². The molecule has 20 heavy (non-hydrogen) atoms. The van der Waals surface area contributed by atoms with Gasteiger partial charge in [-0.25, -0.2) is 9.78 Å². The molecule has 0 aliphatic heterocycles. The highest BCUT2D eigenvalue weighted by atomic mass is 16.5. The molecule has 5 heteroatoms. The number of pyridine rings is 1.